The number of fused-ring (bicyclic) bond motifs is 3. The van der Waals surface area contributed by atoms with Gasteiger partial charge in [0, 0.05) is 54.6 Å². The van der Waals surface area contributed by atoms with Crippen LogP contribution in [0, 0.1) is 0 Å². The molecule has 3 heterocycles. The number of carboxylic acid groups (broad SMARTS) is 4. The molecule has 0 saturated carbocycles. The van der Waals surface area contributed by atoms with E-state index in [1.807, 2.05) is 0 Å². The van der Waals surface area contributed by atoms with E-state index < -0.39 is 59.6 Å². The molecule has 2 aromatic rings. The normalized spacial score (nSPS) is 22.5. The van der Waals surface area contributed by atoms with E-state index in [9.17, 15) is 49.2 Å². The molecule has 0 bridgehead atoms. The van der Waals surface area contributed by atoms with Crippen LogP contribution in [0.15, 0.2) is 36.4 Å². The van der Waals surface area contributed by atoms with Crippen LogP contribution in [-0.4, -0.2) is 103 Å². The Hall–Kier alpha value is -5.14. The molecule has 0 aromatic heterocycles. The highest BCUT2D eigenvalue weighted by molar-refractivity contribution is 6.03. The van der Waals surface area contributed by atoms with Crippen molar-refractivity contribution in [2.24, 2.45) is 0 Å². The molecule has 45 heavy (non-hydrogen) atoms. The summed E-state index contributed by atoms with van der Waals surface area (Å²) >= 11 is 0. The Balaban J connectivity index is 1.44. The molecular weight excluding hydrogens is 592 g/mol. The number of rotatable bonds is 8. The van der Waals surface area contributed by atoms with Crippen molar-refractivity contribution in [1.82, 2.24) is 9.80 Å². The Morgan fingerprint density at radius 3 is 1.38 bits per heavy atom. The summed E-state index contributed by atoms with van der Waals surface area (Å²) in [4.78, 5) is 76.2. The lowest BCUT2D eigenvalue weighted by atomic mass is 9.87. The highest BCUT2D eigenvalue weighted by Gasteiger charge is 2.52. The fraction of sp³-hybridized carbons (Fsp3) is 0.419. The predicted octanol–water partition coefficient (Wildman–Crippen LogP) is 3.85. The zero-order chi connectivity index (χ0) is 32.5. The molecule has 2 amide bonds. The van der Waals surface area contributed by atoms with Crippen molar-refractivity contribution in [2.45, 2.75) is 56.0 Å². The minimum atomic E-state index is -1.87. The van der Waals surface area contributed by atoms with Crippen LogP contribution in [0.2, 0.25) is 0 Å². The molecule has 0 aliphatic carbocycles. The van der Waals surface area contributed by atoms with Crippen LogP contribution >= 0.6 is 0 Å². The van der Waals surface area contributed by atoms with Gasteiger partial charge in [0.1, 0.15) is 11.5 Å². The number of nitrogens with zero attached hydrogens (tertiary/aromatic N) is 2. The number of hydrogen-bond acceptors (Lipinski definition) is 8. The number of carbonyl (C=O) groups excluding carboxylic acids is 2. The molecular formula is C31H32N2O12. The monoisotopic (exact) mass is 624 g/mol. The molecule has 14 heteroatoms. The second kappa shape index (κ2) is 12.1. The summed E-state index contributed by atoms with van der Waals surface area (Å²) in [7, 11) is 0. The van der Waals surface area contributed by atoms with E-state index in [0.717, 1.165) is 9.80 Å². The van der Waals surface area contributed by atoms with Gasteiger partial charge in [-0.15, -0.1) is 0 Å². The maximum absolute atomic E-state index is 13.3. The second-order valence-corrected chi connectivity index (χ2v) is 11.4. The van der Waals surface area contributed by atoms with Crippen molar-refractivity contribution in [2.75, 3.05) is 26.3 Å². The maximum Gasteiger partial charge on any atom is 0.408 e. The predicted molar refractivity (Wildman–Crippen MR) is 154 cm³/mol. The van der Waals surface area contributed by atoms with Gasteiger partial charge in [0.25, 0.3) is 0 Å². The van der Waals surface area contributed by atoms with Gasteiger partial charge in [-0.2, -0.15) is 0 Å². The Morgan fingerprint density at radius 2 is 1.02 bits per heavy atom. The molecule has 2 saturated heterocycles. The maximum atomic E-state index is 13.3. The largest absolute Gasteiger partial charge is 0.493 e. The van der Waals surface area contributed by atoms with Crippen LogP contribution in [0.25, 0.3) is 11.1 Å². The SMILES string of the molecule is O=C(CC1(C(=O)O)CCCN1C(=O)O)c1ccc2c(c1)OCCCOc1cc(C(=O)CC3(C(=O)O)CCCN3C(=O)O)ccc1-2. The van der Waals surface area contributed by atoms with E-state index in [-0.39, 0.29) is 50.3 Å². The van der Waals surface area contributed by atoms with E-state index in [0.29, 0.717) is 41.9 Å². The summed E-state index contributed by atoms with van der Waals surface area (Å²) in [5, 5.41) is 39.0. The smallest absolute Gasteiger partial charge is 0.408 e. The first-order chi connectivity index (χ1) is 21.4. The number of likely N-dealkylation sites (tertiary alicyclic amines) is 2. The Kier molecular flexibility index (Phi) is 8.41. The second-order valence-electron chi connectivity index (χ2n) is 11.4. The molecule has 2 unspecified atom stereocenters. The lowest BCUT2D eigenvalue weighted by Gasteiger charge is -2.32. The van der Waals surface area contributed by atoms with Crippen LogP contribution in [0.5, 0.6) is 11.5 Å². The summed E-state index contributed by atoms with van der Waals surface area (Å²) in [5.41, 5.74) is -2.43. The zero-order valence-corrected chi connectivity index (χ0v) is 24.2. The average molecular weight is 625 g/mol. The van der Waals surface area contributed by atoms with Gasteiger partial charge in [0.05, 0.1) is 13.2 Å². The third kappa shape index (κ3) is 5.63. The minimum Gasteiger partial charge on any atom is -0.493 e. The van der Waals surface area contributed by atoms with Gasteiger partial charge in [-0.25, -0.2) is 19.2 Å². The van der Waals surface area contributed by atoms with E-state index in [2.05, 4.69) is 0 Å². The molecule has 2 atom stereocenters. The number of Topliss-reactive ketones (excluding diaryl/α,β-unsaturated/α-hetero) is 2. The Morgan fingerprint density at radius 1 is 0.622 bits per heavy atom. The van der Waals surface area contributed by atoms with Crippen molar-refractivity contribution in [3.63, 3.8) is 0 Å². The fourth-order valence-electron chi connectivity index (χ4n) is 6.51. The summed E-state index contributed by atoms with van der Waals surface area (Å²) in [6.07, 6.45) is -2.83. The first-order valence-electron chi connectivity index (χ1n) is 14.5. The minimum absolute atomic E-state index is 0.00943. The number of ketones is 2. The summed E-state index contributed by atoms with van der Waals surface area (Å²) in [6, 6.07) is 9.10. The number of carboxylic acids is 2. The van der Waals surface area contributed by atoms with Gasteiger partial charge in [-0.3, -0.25) is 19.4 Å². The highest BCUT2D eigenvalue weighted by Crippen LogP contribution is 2.41. The van der Waals surface area contributed by atoms with E-state index in [1.54, 1.807) is 12.1 Å². The molecule has 3 aliphatic rings. The van der Waals surface area contributed by atoms with Crippen LogP contribution in [0.1, 0.15) is 65.7 Å². The number of benzene rings is 2. The molecule has 14 nitrogen and oxygen atoms in total. The van der Waals surface area contributed by atoms with Gasteiger partial charge < -0.3 is 29.9 Å². The lowest BCUT2D eigenvalue weighted by Crippen LogP contribution is -2.53. The Bertz CT molecular complexity index is 1470. The van der Waals surface area contributed by atoms with Crippen LogP contribution in [-0.2, 0) is 9.59 Å². The standard InChI is InChI=1S/C31H32N2O12/c34-22(16-30(26(36)37)8-1-10-32(30)28(40)41)18-4-6-20-21-7-5-19(15-25(21)45-13-3-12-44-24(20)14-18)23(35)17-31(27(38)39)9-2-11-33(31)29(42)43/h4-7,14-15H,1-3,8-13,16-17H2,(H,36,37)(H,38,39)(H,40,41)(H,42,43). The molecule has 0 radical (unpaired) electrons. The van der Waals surface area contributed by atoms with Crippen molar-refractivity contribution in [3.8, 4) is 22.6 Å². The fourth-order valence-corrected chi connectivity index (χ4v) is 6.51. The van der Waals surface area contributed by atoms with Gasteiger partial charge in [0.15, 0.2) is 22.6 Å². The number of hydrogen-bond donors (Lipinski definition) is 4. The number of ether oxygens (including phenoxy) is 2. The van der Waals surface area contributed by atoms with Crippen LogP contribution in [0.3, 0.4) is 0 Å². The third-order valence-electron chi connectivity index (χ3n) is 8.84. The summed E-state index contributed by atoms with van der Waals surface area (Å²) < 4.78 is 11.9. The molecule has 5 rings (SSSR count). The van der Waals surface area contributed by atoms with Crippen molar-refractivity contribution >= 4 is 35.7 Å². The van der Waals surface area contributed by atoms with Gasteiger partial charge >= 0.3 is 24.1 Å². The van der Waals surface area contributed by atoms with Crippen LogP contribution in [0.4, 0.5) is 9.59 Å². The molecule has 4 N–H and O–H groups in total. The molecule has 238 valence electrons. The van der Waals surface area contributed by atoms with Crippen molar-refractivity contribution < 1.29 is 58.7 Å². The lowest BCUT2D eigenvalue weighted by molar-refractivity contribution is -0.149. The van der Waals surface area contributed by atoms with E-state index >= 15 is 0 Å². The van der Waals surface area contributed by atoms with Crippen LogP contribution < -0.4 is 9.47 Å². The summed E-state index contributed by atoms with van der Waals surface area (Å²) in [6.45, 7) is 0.446. The molecule has 2 aromatic carbocycles. The van der Waals surface area contributed by atoms with E-state index in [4.69, 9.17) is 9.47 Å². The quantitative estimate of drug-likeness (QED) is 0.309. The first kappa shape index (κ1) is 31.3. The first-order valence-corrected chi connectivity index (χ1v) is 14.5. The summed E-state index contributed by atoms with van der Waals surface area (Å²) in [5.74, 6) is -3.31. The number of aliphatic carboxylic acids is 2. The van der Waals surface area contributed by atoms with Crippen molar-refractivity contribution in [1.29, 1.82) is 0 Å². The van der Waals surface area contributed by atoms with Gasteiger partial charge in [-0.05, 0) is 49.9 Å². The molecule has 2 fully saturated rings. The number of amides is 2. The van der Waals surface area contributed by atoms with Gasteiger partial charge in [-0.1, -0.05) is 12.1 Å². The van der Waals surface area contributed by atoms with Crippen molar-refractivity contribution in [3.05, 3.63) is 47.5 Å². The average Bonchev–Trinajstić information content (AvgIpc) is 3.64. The Labute approximate surface area is 256 Å². The van der Waals surface area contributed by atoms with Gasteiger partial charge in [0.2, 0.25) is 0 Å². The molecule has 0 spiro atoms. The van der Waals surface area contributed by atoms with E-state index in [1.165, 1.54) is 24.3 Å². The molecule has 3 aliphatic heterocycles. The zero-order valence-electron chi connectivity index (χ0n) is 24.2. The third-order valence-corrected chi connectivity index (χ3v) is 8.84. The highest BCUT2D eigenvalue weighted by atomic mass is 16.5. The number of carbonyl (C=O) groups is 6. The topological polar surface area (TPSA) is 208 Å².